The van der Waals surface area contributed by atoms with Gasteiger partial charge in [-0.2, -0.15) is 0 Å². The molecule has 0 spiro atoms. The average Bonchev–Trinajstić information content (AvgIpc) is 3.05. The highest BCUT2D eigenvalue weighted by molar-refractivity contribution is 7.18. The molecule has 0 saturated heterocycles. The summed E-state index contributed by atoms with van der Waals surface area (Å²) in [6.45, 7) is 4.83. The van der Waals surface area contributed by atoms with E-state index in [2.05, 4.69) is 20.9 Å². The molecule has 0 bridgehead atoms. The molecule has 0 radical (unpaired) electrons. The van der Waals surface area contributed by atoms with Gasteiger partial charge in [-0.15, -0.1) is 0 Å². The third-order valence-electron chi connectivity index (χ3n) is 3.25. The molecule has 2 aromatic heterocycles. The summed E-state index contributed by atoms with van der Waals surface area (Å²) < 4.78 is 10.8. The predicted molar refractivity (Wildman–Crippen MR) is 92.7 cm³/mol. The van der Waals surface area contributed by atoms with Crippen molar-refractivity contribution in [2.24, 2.45) is 0 Å². The average molecular weight is 329 g/mol. The fraction of sp³-hybridized carbons (Fsp3) is 0.294. The molecule has 3 heterocycles. The van der Waals surface area contributed by atoms with Crippen molar-refractivity contribution in [3.8, 4) is 16.5 Å². The number of methoxy groups -OCH3 is 1. The Morgan fingerprint density at radius 1 is 1.22 bits per heavy atom. The minimum atomic E-state index is 0.189. The Morgan fingerprint density at radius 2 is 2.09 bits per heavy atom. The molecule has 0 aliphatic carbocycles. The van der Waals surface area contributed by atoms with Crippen LogP contribution in [0.2, 0.25) is 0 Å². The van der Waals surface area contributed by atoms with Crippen LogP contribution in [0.25, 0.3) is 10.7 Å². The Hall–Kier alpha value is -2.34. The fourth-order valence-electron chi connectivity index (χ4n) is 2.15. The zero-order valence-electron chi connectivity index (χ0n) is 13.4. The van der Waals surface area contributed by atoms with Crippen molar-refractivity contribution in [1.82, 2.24) is 9.97 Å². The maximum absolute atomic E-state index is 5.69. The molecular formula is C17H19N3O2S. The number of thiazole rings is 1. The molecule has 0 amide bonds. The molecule has 0 atom stereocenters. The summed E-state index contributed by atoms with van der Waals surface area (Å²) in [5.41, 5.74) is 0.849. The Kier molecular flexibility index (Phi) is 4.62. The minimum Gasteiger partial charge on any atom is -0.495 e. The first-order valence-corrected chi connectivity index (χ1v) is 8.25. The van der Waals surface area contributed by atoms with Gasteiger partial charge in [0, 0.05) is 12.7 Å². The summed E-state index contributed by atoms with van der Waals surface area (Å²) in [5, 5.41) is 1.97. The largest absolute Gasteiger partial charge is 0.495 e. The Bertz CT molecular complexity index is 720. The number of rotatable bonds is 5. The second-order valence-corrected chi connectivity index (χ2v) is 6.34. The van der Waals surface area contributed by atoms with Gasteiger partial charge < -0.3 is 14.4 Å². The van der Waals surface area contributed by atoms with Crippen molar-refractivity contribution < 1.29 is 9.47 Å². The summed E-state index contributed by atoms with van der Waals surface area (Å²) in [6.07, 6.45) is 9.85. The molecule has 3 rings (SSSR count). The molecule has 23 heavy (non-hydrogen) atoms. The van der Waals surface area contributed by atoms with Gasteiger partial charge in [0.05, 0.1) is 31.3 Å². The quantitative estimate of drug-likeness (QED) is 0.834. The van der Waals surface area contributed by atoms with Crippen molar-refractivity contribution in [3.05, 3.63) is 48.6 Å². The van der Waals surface area contributed by atoms with Crippen LogP contribution in [0, 0.1) is 0 Å². The van der Waals surface area contributed by atoms with Crippen LogP contribution in [-0.2, 0) is 4.74 Å². The van der Waals surface area contributed by atoms with Gasteiger partial charge >= 0.3 is 0 Å². The lowest BCUT2D eigenvalue weighted by Gasteiger charge is -2.21. The summed E-state index contributed by atoms with van der Waals surface area (Å²) >= 11 is 1.61. The number of hydrogen-bond acceptors (Lipinski definition) is 6. The molecular weight excluding hydrogens is 310 g/mol. The normalized spacial score (nSPS) is 14.1. The van der Waals surface area contributed by atoms with Crippen LogP contribution < -0.4 is 9.64 Å². The first-order valence-electron chi connectivity index (χ1n) is 7.43. The van der Waals surface area contributed by atoms with Crippen molar-refractivity contribution in [2.75, 3.05) is 18.6 Å². The Morgan fingerprint density at radius 3 is 2.70 bits per heavy atom. The third kappa shape index (κ3) is 3.71. The van der Waals surface area contributed by atoms with E-state index < -0.39 is 0 Å². The van der Waals surface area contributed by atoms with Gasteiger partial charge in [-0.1, -0.05) is 11.3 Å². The Labute approximate surface area is 139 Å². The first-order chi connectivity index (χ1) is 11.2. The number of anilines is 1. The summed E-state index contributed by atoms with van der Waals surface area (Å²) in [6, 6.07) is 3.81. The Balaban J connectivity index is 1.70. The van der Waals surface area contributed by atoms with E-state index in [0.717, 1.165) is 33.8 Å². The van der Waals surface area contributed by atoms with Gasteiger partial charge in [0.15, 0.2) is 0 Å². The third-order valence-corrected chi connectivity index (χ3v) is 4.30. The highest BCUT2D eigenvalue weighted by Crippen LogP contribution is 2.31. The second-order valence-electron chi connectivity index (χ2n) is 5.33. The van der Waals surface area contributed by atoms with Crippen molar-refractivity contribution in [2.45, 2.75) is 20.0 Å². The van der Waals surface area contributed by atoms with E-state index in [1.807, 2.05) is 44.5 Å². The van der Waals surface area contributed by atoms with Crippen molar-refractivity contribution in [3.63, 3.8) is 0 Å². The van der Waals surface area contributed by atoms with E-state index in [1.165, 1.54) is 0 Å². The van der Waals surface area contributed by atoms with Crippen LogP contribution in [0.3, 0.4) is 0 Å². The van der Waals surface area contributed by atoms with Crippen molar-refractivity contribution in [1.29, 1.82) is 0 Å². The van der Waals surface area contributed by atoms with Gasteiger partial charge in [-0.05, 0) is 38.1 Å². The summed E-state index contributed by atoms with van der Waals surface area (Å²) in [5.74, 6) is 1.66. The zero-order chi connectivity index (χ0) is 16.2. The lowest BCUT2D eigenvalue weighted by Crippen LogP contribution is -2.18. The molecule has 0 N–H and O–H groups in total. The molecule has 120 valence electrons. The molecule has 6 heteroatoms. The minimum absolute atomic E-state index is 0.189. The monoisotopic (exact) mass is 329 g/mol. The maximum Gasteiger partial charge on any atom is 0.143 e. The molecule has 0 saturated carbocycles. The number of nitrogens with zero attached hydrogens (tertiary/aromatic N) is 3. The molecule has 0 unspecified atom stereocenters. The highest BCUT2D eigenvalue weighted by atomic mass is 32.1. The van der Waals surface area contributed by atoms with Crippen LogP contribution >= 0.6 is 11.3 Å². The molecule has 1 aliphatic rings. The van der Waals surface area contributed by atoms with E-state index >= 15 is 0 Å². The molecule has 2 aromatic rings. The molecule has 0 aromatic carbocycles. The van der Waals surface area contributed by atoms with Crippen LogP contribution in [-0.4, -0.2) is 29.7 Å². The topological polar surface area (TPSA) is 47.5 Å². The van der Waals surface area contributed by atoms with E-state index in [4.69, 9.17) is 9.47 Å². The first kappa shape index (κ1) is 15.6. The van der Waals surface area contributed by atoms with E-state index in [9.17, 15) is 0 Å². The number of ether oxygens (including phenoxy) is 2. The maximum atomic E-state index is 5.69. The SMILES string of the molecule is COc1ccc(-c2ncc(N3C=CC(OC(C)C)=CC3)s2)nc1. The van der Waals surface area contributed by atoms with E-state index in [-0.39, 0.29) is 6.10 Å². The second kappa shape index (κ2) is 6.83. The molecule has 5 nitrogen and oxygen atoms in total. The predicted octanol–water partition coefficient (Wildman–Crippen LogP) is 3.86. The standard InChI is InChI=1S/C17H19N3O2S/c1-12(2)22-13-6-8-20(9-7-13)16-11-19-17(23-16)15-5-4-14(21-3)10-18-15/h4-8,10-12H,9H2,1-3H3. The lowest BCUT2D eigenvalue weighted by atomic mass is 10.3. The van der Waals surface area contributed by atoms with Crippen LogP contribution in [0.15, 0.2) is 48.6 Å². The molecule has 0 fully saturated rings. The van der Waals surface area contributed by atoms with Crippen molar-refractivity contribution >= 4 is 16.3 Å². The molecule has 1 aliphatic heterocycles. The summed E-state index contributed by atoms with van der Waals surface area (Å²) in [4.78, 5) is 11.0. The highest BCUT2D eigenvalue weighted by Gasteiger charge is 2.13. The summed E-state index contributed by atoms with van der Waals surface area (Å²) in [7, 11) is 1.63. The number of aromatic nitrogens is 2. The smallest absolute Gasteiger partial charge is 0.143 e. The van der Waals surface area contributed by atoms with Crippen LogP contribution in [0.4, 0.5) is 5.00 Å². The fourth-order valence-corrected chi connectivity index (χ4v) is 3.03. The van der Waals surface area contributed by atoms with Gasteiger partial charge in [-0.25, -0.2) is 9.97 Å². The zero-order valence-corrected chi connectivity index (χ0v) is 14.2. The van der Waals surface area contributed by atoms with E-state index in [0.29, 0.717) is 0 Å². The van der Waals surface area contributed by atoms with E-state index in [1.54, 1.807) is 24.6 Å². The van der Waals surface area contributed by atoms with Gasteiger partial charge in [0.1, 0.15) is 21.5 Å². The number of pyridine rings is 1. The van der Waals surface area contributed by atoms with Gasteiger partial charge in [-0.3, -0.25) is 0 Å². The van der Waals surface area contributed by atoms with Crippen LogP contribution in [0.1, 0.15) is 13.8 Å². The van der Waals surface area contributed by atoms with Gasteiger partial charge in [0.25, 0.3) is 0 Å². The van der Waals surface area contributed by atoms with Crippen LogP contribution in [0.5, 0.6) is 5.75 Å². The number of hydrogen-bond donors (Lipinski definition) is 0. The number of allylic oxidation sites excluding steroid dienone is 1. The lowest BCUT2D eigenvalue weighted by molar-refractivity contribution is 0.156. The van der Waals surface area contributed by atoms with Gasteiger partial charge in [0.2, 0.25) is 0 Å².